The molecule has 0 aliphatic carbocycles. The number of rotatable bonds is 7. The second-order valence-electron chi connectivity index (χ2n) is 7.58. The second-order valence-corrected chi connectivity index (χ2v) is 8.01. The molecule has 1 amide bonds. The Morgan fingerprint density at radius 2 is 1.56 bits per heavy atom. The van der Waals surface area contributed by atoms with E-state index < -0.39 is 0 Å². The number of aryl methyl sites for hydroxylation is 2. The minimum Gasteiger partial charge on any atom is -0.352 e. The van der Waals surface area contributed by atoms with Crippen LogP contribution in [0, 0.1) is 6.92 Å². The molecule has 0 saturated carbocycles. The van der Waals surface area contributed by atoms with Crippen LogP contribution in [0.25, 0.3) is 22.6 Å². The third-order valence-corrected chi connectivity index (χ3v) is 5.45. The maximum absolute atomic E-state index is 13.2. The fourth-order valence-corrected chi connectivity index (χ4v) is 3.82. The number of hydrogen-bond donors (Lipinski definition) is 1. The summed E-state index contributed by atoms with van der Waals surface area (Å²) in [5, 5.41) is 3.63. The van der Waals surface area contributed by atoms with Gasteiger partial charge in [-0.1, -0.05) is 84.4 Å². The molecule has 160 valence electrons. The Kier molecular flexibility index (Phi) is 6.93. The fourth-order valence-electron chi connectivity index (χ4n) is 3.63. The molecular formula is C27H24ClN3O. The second kappa shape index (κ2) is 10.2. The number of halogens is 1. The molecule has 0 unspecified atom stereocenters. The topological polar surface area (TPSA) is 54.9 Å². The lowest BCUT2D eigenvalue weighted by Crippen LogP contribution is -2.27. The molecule has 0 spiro atoms. The van der Waals surface area contributed by atoms with E-state index >= 15 is 0 Å². The van der Waals surface area contributed by atoms with E-state index in [2.05, 4.69) is 22.4 Å². The van der Waals surface area contributed by atoms with Crippen LogP contribution in [0.3, 0.4) is 0 Å². The van der Waals surface area contributed by atoms with E-state index in [1.165, 1.54) is 5.56 Å². The highest BCUT2D eigenvalue weighted by molar-refractivity contribution is 6.30. The third kappa shape index (κ3) is 5.21. The van der Waals surface area contributed by atoms with Gasteiger partial charge < -0.3 is 5.32 Å². The van der Waals surface area contributed by atoms with Crippen LogP contribution in [-0.2, 0) is 6.42 Å². The van der Waals surface area contributed by atoms with Gasteiger partial charge in [-0.2, -0.15) is 0 Å². The highest BCUT2D eigenvalue weighted by atomic mass is 35.5. The van der Waals surface area contributed by atoms with E-state index in [-0.39, 0.29) is 5.91 Å². The molecule has 1 N–H and O–H groups in total. The van der Waals surface area contributed by atoms with Crippen molar-refractivity contribution in [2.75, 3.05) is 6.54 Å². The summed E-state index contributed by atoms with van der Waals surface area (Å²) in [7, 11) is 0. The van der Waals surface area contributed by atoms with Gasteiger partial charge >= 0.3 is 0 Å². The minimum absolute atomic E-state index is 0.176. The number of nitrogens with zero attached hydrogens (tertiary/aromatic N) is 2. The molecule has 4 nitrogen and oxygen atoms in total. The molecule has 0 aliphatic rings. The third-order valence-electron chi connectivity index (χ3n) is 5.22. The van der Waals surface area contributed by atoms with Crippen molar-refractivity contribution in [2.45, 2.75) is 19.8 Å². The lowest BCUT2D eigenvalue weighted by molar-refractivity contribution is 0.0952. The van der Waals surface area contributed by atoms with E-state index in [1.807, 2.05) is 73.7 Å². The number of carbonyl (C=O) groups excluding carboxylic acids is 1. The summed E-state index contributed by atoms with van der Waals surface area (Å²) in [5.41, 5.74) is 4.64. The first-order valence-corrected chi connectivity index (χ1v) is 11.0. The van der Waals surface area contributed by atoms with Gasteiger partial charge in [-0.3, -0.25) is 4.79 Å². The van der Waals surface area contributed by atoms with Crippen molar-refractivity contribution in [1.82, 2.24) is 15.3 Å². The van der Waals surface area contributed by atoms with Crippen LogP contribution in [0.2, 0.25) is 5.02 Å². The zero-order chi connectivity index (χ0) is 22.3. The number of amides is 1. The van der Waals surface area contributed by atoms with Gasteiger partial charge in [-0.05, 0) is 37.5 Å². The molecule has 3 aromatic carbocycles. The fraction of sp³-hybridized carbons (Fsp3) is 0.148. The van der Waals surface area contributed by atoms with Crippen LogP contribution in [0.15, 0.2) is 84.9 Å². The van der Waals surface area contributed by atoms with Crippen molar-refractivity contribution in [3.8, 4) is 22.6 Å². The summed E-state index contributed by atoms with van der Waals surface area (Å²) in [6.45, 7) is 2.42. The van der Waals surface area contributed by atoms with E-state index in [1.54, 1.807) is 6.07 Å². The maximum atomic E-state index is 13.2. The predicted octanol–water partition coefficient (Wildman–Crippen LogP) is 6.14. The van der Waals surface area contributed by atoms with Crippen LogP contribution in [0.5, 0.6) is 0 Å². The molecular weight excluding hydrogens is 418 g/mol. The lowest BCUT2D eigenvalue weighted by Gasteiger charge is -2.14. The van der Waals surface area contributed by atoms with Crippen LogP contribution < -0.4 is 5.32 Å². The Morgan fingerprint density at radius 3 is 2.28 bits per heavy atom. The summed E-state index contributed by atoms with van der Waals surface area (Å²) in [5.74, 6) is 0.406. The zero-order valence-electron chi connectivity index (χ0n) is 17.9. The summed E-state index contributed by atoms with van der Waals surface area (Å²) in [4.78, 5) is 22.6. The SMILES string of the molecule is Cc1nc(-c2ccccc2)nc(-c2cccc(Cl)c2)c1C(=O)NCCCc1ccccc1. The number of nitrogens with one attached hydrogen (secondary N) is 1. The Labute approximate surface area is 193 Å². The molecule has 1 aromatic heterocycles. The highest BCUT2D eigenvalue weighted by Crippen LogP contribution is 2.28. The molecule has 5 heteroatoms. The predicted molar refractivity (Wildman–Crippen MR) is 130 cm³/mol. The summed E-state index contributed by atoms with van der Waals surface area (Å²) >= 11 is 6.24. The Morgan fingerprint density at radius 1 is 0.875 bits per heavy atom. The van der Waals surface area contributed by atoms with Crippen molar-refractivity contribution < 1.29 is 4.79 Å². The first-order chi connectivity index (χ1) is 15.6. The molecule has 0 radical (unpaired) electrons. The van der Waals surface area contributed by atoms with Crippen LogP contribution in [-0.4, -0.2) is 22.4 Å². The van der Waals surface area contributed by atoms with Crippen LogP contribution >= 0.6 is 11.6 Å². The number of aromatic nitrogens is 2. The standard InChI is InChI=1S/C27H24ClN3O/c1-19-24(27(32)29-17-9-12-20-10-4-2-5-11-20)25(22-15-8-16-23(28)18-22)31-26(30-19)21-13-6-3-7-14-21/h2-8,10-11,13-16,18H,9,12,17H2,1H3,(H,29,32). The first-order valence-electron chi connectivity index (χ1n) is 10.6. The molecule has 0 aliphatic heterocycles. The summed E-state index contributed by atoms with van der Waals surface area (Å²) < 4.78 is 0. The lowest BCUT2D eigenvalue weighted by atomic mass is 10.0. The van der Waals surface area contributed by atoms with Crippen LogP contribution in [0.1, 0.15) is 28.0 Å². The minimum atomic E-state index is -0.176. The molecule has 1 heterocycles. The smallest absolute Gasteiger partial charge is 0.255 e. The van der Waals surface area contributed by atoms with E-state index in [9.17, 15) is 4.79 Å². The van der Waals surface area contributed by atoms with E-state index in [0.29, 0.717) is 34.3 Å². The van der Waals surface area contributed by atoms with Gasteiger partial charge in [0.05, 0.1) is 17.0 Å². The van der Waals surface area contributed by atoms with Gasteiger partial charge in [0.15, 0.2) is 5.82 Å². The molecule has 4 rings (SSSR count). The first kappa shape index (κ1) is 21.7. The number of benzene rings is 3. The van der Waals surface area contributed by atoms with Gasteiger partial charge in [0.25, 0.3) is 5.91 Å². The van der Waals surface area contributed by atoms with Gasteiger partial charge in [0.2, 0.25) is 0 Å². The van der Waals surface area contributed by atoms with Gasteiger partial charge in [-0.15, -0.1) is 0 Å². The van der Waals surface area contributed by atoms with Crippen LogP contribution in [0.4, 0.5) is 0 Å². The Hall–Kier alpha value is -3.50. The van der Waals surface area contributed by atoms with Gasteiger partial charge in [-0.25, -0.2) is 9.97 Å². The average molecular weight is 442 g/mol. The Balaban J connectivity index is 1.62. The van der Waals surface area contributed by atoms with Crippen molar-refractivity contribution in [1.29, 1.82) is 0 Å². The van der Waals surface area contributed by atoms with Crippen molar-refractivity contribution in [3.05, 3.63) is 107 Å². The Bertz CT molecular complexity index is 1210. The van der Waals surface area contributed by atoms with Crippen molar-refractivity contribution in [3.63, 3.8) is 0 Å². The van der Waals surface area contributed by atoms with E-state index in [0.717, 1.165) is 24.0 Å². The molecule has 0 saturated heterocycles. The van der Waals surface area contributed by atoms with E-state index in [4.69, 9.17) is 16.6 Å². The maximum Gasteiger partial charge on any atom is 0.255 e. The molecule has 0 bridgehead atoms. The number of hydrogen-bond acceptors (Lipinski definition) is 3. The normalized spacial score (nSPS) is 10.7. The molecule has 0 fully saturated rings. The monoisotopic (exact) mass is 441 g/mol. The highest BCUT2D eigenvalue weighted by Gasteiger charge is 2.20. The summed E-state index contributed by atoms with van der Waals surface area (Å²) in [6, 6.07) is 27.4. The van der Waals surface area contributed by atoms with Crippen molar-refractivity contribution in [2.24, 2.45) is 0 Å². The largest absolute Gasteiger partial charge is 0.352 e. The van der Waals surface area contributed by atoms with Gasteiger partial charge in [0.1, 0.15) is 0 Å². The number of carbonyl (C=O) groups is 1. The summed E-state index contributed by atoms with van der Waals surface area (Å²) in [6.07, 6.45) is 1.76. The molecule has 32 heavy (non-hydrogen) atoms. The zero-order valence-corrected chi connectivity index (χ0v) is 18.6. The molecule has 0 atom stereocenters. The van der Waals surface area contributed by atoms with Crippen molar-refractivity contribution >= 4 is 17.5 Å². The average Bonchev–Trinajstić information content (AvgIpc) is 2.82. The van der Waals surface area contributed by atoms with Gasteiger partial charge in [0, 0.05) is 22.7 Å². The molecule has 4 aromatic rings. The quantitative estimate of drug-likeness (QED) is 0.351.